The third-order valence-electron chi connectivity index (χ3n) is 6.54. The summed E-state index contributed by atoms with van der Waals surface area (Å²) < 4.78 is 20.5. The normalized spacial score (nSPS) is 20.6. The number of ether oxygens (including phenoxy) is 1. The van der Waals surface area contributed by atoms with Crippen molar-refractivity contribution in [3.8, 4) is 17.0 Å². The van der Waals surface area contributed by atoms with E-state index in [-0.39, 0.29) is 34.2 Å². The largest absolute Gasteiger partial charge is 0.504 e. The van der Waals surface area contributed by atoms with Gasteiger partial charge in [-0.1, -0.05) is 17.7 Å². The molecule has 2 aromatic heterocycles. The number of halogens is 2. The Hall–Kier alpha value is -3.14. The molecule has 0 bridgehead atoms. The molecule has 1 aromatic carbocycles. The van der Waals surface area contributed by atoms with Crippen LogP contribution in [0.25, 0.3) is 11.3 Å². The second-order valence-electron chi connectivity index (χ2n) is 8.63. The van der Waals surface area contributed by atoms with Gasteiger partial charge in [-0.25, -0.2) is 4.39 Å². The van der Waals surface area contributed by atoms with E-state index in [0.717, 1.165) is 24.9 Å². The Morgan fingerprint density at radius 1 is 1.38 bits per heavy atom. The smallest absolute Gasteiger partial charge is 0.255 e. The van der Waals surface area contributed by atoms with Gasteiger partial charge in [-0.2, -0.15) is 0 Å². The Morgan fingerprint density at radius 2 is 2.24 bits per heavy atom. The van der Waals surface area contributed by atoms with Crippen LogP contribution in [0.2, 0.25) is 5.02 Å². The van der Waals surface area contributed by atoms with Crippen LogP contribution in [0, 0.1) is 5.82 Å². The summed E-state index contributed by atoms with van der Waals surface area (Å²) in [5, 5.41) is 16.7. The van der Waals surface area contributed by atoms with Gasteiger partial charge in [0, 0.05) is 42.5 Å². The highest BCUT2D eigenvalue weighted by molar-refractivity contribution is 6.32. The number of nitrogens with zero attached hydrogens (tertiary/aromatic N) is 2. The molecule has 10 heteroatoms. The highest BCUT2D eigenvalue weighted by atomic mass is 35.5. The Labute approximate surface area is 201 Å². The molecular formula is C24H25ClFN5O3. The first-order valence-electron chi connectivity index (χ1n) is 11.1. The van der Waals surface area contributed by atoms with Gasteiger partial charge in [0.1, 0.15) is 0 Å². The molecule has 4 N–H and O–H groups in total. The number of phenols is 1. The quantitative estimate of drug-likeness (QED) is 0.409. The van der Waals surface area contributed by atoms with Gasteiger partial charge in [0.05, 0.1) is 47.1 Å². The molecular weight excluding hydrogens is 461 g/mol. The number of carbonyl (C=O) groups is 1. The predicted molar refractivity (Wildman–Crippen MR) is 127 cm³/mol. The van der Waals surface area contributed by atoms with Crippen LogP contribution in [0.15, 0.2) is 36.7 Å². The van der Waals surface area contributed by atoms with Gasteiger partial charge in [-0.15, -0.1) is 0 Å². The van der Waals surface area contributed by atoms with E-state index in [2.05, 4.69) is 32.5 Å². The third-order valence-corrected chi connectivity index (χ3v) is 6.85. The number of fused-ring (bicyclic) bond motifs is 1. The van der Waals surface area contributed by atoms with Crippen molar-refractivity contribution in [1.82, 2.24) is 20.2 Å². The lowest BCUT2D eigenvalue weighted by Crippen LogP contribution is -2.45. The first kappa shape index (κ1) is 22.6. The number of likely N-dealkylation sites (N-methyl/N-ethyl adjacent to an activating group) is 1. The number of morpholine rings is 1. The first-order valence-corrected chi connectivity index (χ1v) is 11.5. The van der Waals surface area contributed by atoms with Crippen LogP contribution in [0.3, 0.4) is 0 Å². The number of benzene rings is 1. The van der Waals surface area contributed by atoms with Crippen molar-refractivity contribution in [2.24, 2.45) is 0 Å². The monoisotopic (exact) mass is 485 g/mol. The Balaban J connectivity index is 1.62. The number of hydrogen-bond acceptors (Lipinski definition) is 6. The Kier molecular flexibility index (Phi) is 6.16. The summed E-state index contributed by atoms with van der Waals surface area (Å²) >= 11 is 6.09. The molecule has 1 amide bonds. The minimum Gasteiger partial charge on any atom is -0.504 e. The maximum Gasteiger partial charge on any atom is 0.255 e. The van der Waals surface area contributed by atoms with E-state index in [4.69, 9.17) is 16.3 Å². The van der Waals surface area contributed by atoms with Crippen LogP contribution in [0.4, 0.5) is 15.8 Å². The lowest BCUT2D eigenvalue weighted by molar-refractivity contribution is 0.000176. The fraction of sp³-hybridized carbons (Fsp3) is 0.333. The molecule has 5 rings (SSSR count). The molecule has 0 radical (unpaired) electrons. The number of carbonyl (C=O) groups excluding carboxylic acids is 1. The molecule has 2 aliphatic heterocycles. The lowest BCUT2D eigenvalue weighted by atomic mass is 9.90. The van der Waals surface area contributed by atoms with E-state index in [1.807, 2.05) is 0 Å². The van der Waals surface area contributed by atoms with Crippen molar-refractivity contribution in [2.75, 3.05) is 38.7 Å². The van der Waals surface area contributed by atoms with Gasteiger partial charge in [0.25, 0.3) is 5.91 Å². The standard InChI is InChI=1S/C24H25ClFN5O3/c1-31-7-8-34-12-14(31)9-13-10-28-24(33)19-20(13)30-21(15-5-6-27-11-17(15)26)22(19)29-18-4-2-3-16(25)23(18)32/h2-6,11,13-14,29-30,32H,7-10,12H2,1H3,(H,28,33)/t13-,14+/m0/s1. The summed E-state index contributed by atoms with van der Waals surface area (Å²) in [4.78, 5) is 22.5. The van der Waals surface area contributed by atoms with Crippen molar-refractivity contribution in [1.29, 1.82) is 0 Å². The summed E-state index contributed by atoms with van der Waals surface area (Å²) in [5.41, 5.74) is 2.45. The number of H-pyrrole nitrogens is 1. The van der Waals surface area contributed by atoms with Crippen LogP contribution >= 0.6 is 11.6 Å². The maximum absolute atomic E-state index is 14.8. The zero-order valence-corrected chi connectivity index (χ0v) is 19.3. The molecule has 2 atom stereocenters. The fourth-order valence-corrected chi connectivity index (χ4v) is 4.81. The number of rotatable bonds is 5. The number of hydrogen-bond donors (Lipinski definition) is 4. The summed E-state index contributed by atoms with van der Waals surface area (Å²) in [6.07, 6.45) is 3.37. The highest BCUT2D eigenvalue weighted by Gasteiger charge is 2.35. The topological polar surface area (TPSA) is 103 Å². The van der Waals surface area contributed by atoms with Gasteiger partial charge < -0.3 is 25.5 Å². The summed E-state index contributed by atoms with van der Waals surface area (Å²) in [5.74, 6) is -1.000. The average Bonchev–Trinajstić information content (AvgIpc) is 3.20. The van der Waals surface area contributed by atoms with Crippen molar-refractivity contribution in [3.63, 3.8) is 0 Å². The number of anilines is 2. The van der Waals surface area contributed by atoms with Gasteiger partial charge >= 0.3 is 0 Å². The summed E-state index contributed by atoms with van der Waals surface area (Å²) in [6, 6.07) is 6.62. The van der Waals surface area contributed by atoms with Gasteiger partial charge in [-0.05, 0) is 31.7 Å². The molecule has 34 heavy (non-hydrogen) atoms. The molecule has 2 aliphatic rings. The fourth-order valence-electron chi connectivity index (χ4n) is 4.64. The maximum atomic E-state index is 14.8. The Bertz CT molecular complexity index is 1230. The SMILES string of the molecule is CN1CCOC[C@H]1C[C@H]1CNC(=O)c2c1[nH]c(-c1ccncc1F)c2Nc1cccc(Cl)c1O. The molecule has 1 saturated heterocycles. The average molecular weight is 486 g/mol. The van der Waals surface area contributed by atoms with Gasteiger partial charge in [0.15, 0.2) is 11.6 Å². The van der Waals surface area contributed by atoms with Crippen LogP contribution in [-0.2, 0) is 4.74 Å². The van der Waals surface area contributed by atoms with E-state index in [1.54, 1.807) is 24.3 Å². The number of nitrogens with one attached hydrogen (secondary N) is 3. The second kappa shape index (κ2) is 9.25. The number of para-hydroxylation sites is 1. The molecule has 1 fully saturated rings. The van der Waals surface area contributed by atoms with Crippen LogP contribution in [0.5, 0.6) is 5.75 Å². The van der Waals surface area contributed by atoms with E-state index >= 15 is 0 Å². The molecule has 178 valence electrons. The highest BCUT2D eigenvalue weighted by Crippen LogP contribution is 2.43. The molecule has 4 heterocycles. The summed E-state index contributed by atoms with van der Waals surface area (Å²) in [6.45, 7) is 2.61. The van der Waals surface area contributed by atoms with Gasteiger partial charge in [0.2, 0.25) is 0 Å². The van der Waals surface area contributed by atoms with Gasteiger partial charge in [-0.3, -0.25) is 14.7 Å². The molecule has 8 nitrogen and oxygen atoms in total. The number of phenolic OH excluding ortho intramolecular Hbond substituents is 1. The minimum absolute atomic E-state index is 0.0333. The lowest BCUT2D eigenvalue weighted by Gasteiger charge is -2.35. The Morgan fingerprint density at radius 3 is 3.03 bits per heavy atom. The van der Waals surface area contributed by atoms with Crippen LogP contribution in [-0.4, -0.2) is 65.3 Å². The van der Waals surface area contributed by atoms with E-state index < -0.39 is 5.82 Å². The third kappa shape index (κ3) is 4.11. The number of amides is 1. The second-order valence-corrected chi connectivity index (χ2v) is 9.04. The predicted octanol–water partition coefficient (Wildman–Crippen LogP) is 3.87. The minimum atomic E-state index is -0.531. The van der Waals surface area contributed by atoms with Crippen molar-refractivity contribution < 1.29 is 19.0 Å². The number of aromatic hydroxyl groups is 1. The zero-order chi connectivity index (χ0) is 23.8. The number of aromatic nitrogens is 2. The molecule has 0 saturated carbocycles. The number of pyridine rings is 1. The van der Waals surface area contributed by atoms with E-state index in [1.165, 1.54) is 6.20 Å². The van der Waals surface area contributed by atoms with E-state index in [0.29, 0.717) is 42.4 Å². The summed E-state index contributed by atoms with van der Waals surface area (Å²) in [7, 11) is 2.07. The molecule has 0 unspecified atom stereocenters. The van der Waals surface area contributed by atoms with Crippen molar-refractivity contribution in [3.05, 3.63) is 58.8 Å². The zero-order valence-electron chi connectivity index (χ0n) is 18.6. The van der Waals surface area contributed by atoms with Crippen LogP contribution < -0.4 is 10.6 Å². The molecule has 3 aromatic rings. The molecule has 0 spiro atoms. The van der Waals surface area contributed by atoms with Crippen molar-refractivity contribution in [2.45, 2.75) is 18.4 Å². The van der Waals surface area contributed by atoms with Crippen molar-refractivity contribution >= 4 is 28.9 Å². The first-order chi connectivity index (χ1) is 16.4. The molecule has 0 aliphatic carbocycles. The van der Waals surface area contributed by atoms with Crippen LogP contribution in [0.1, 0.15) is 28.4 Å². The van der Waals surface area contributed by atoms with E-state index in [9.17, 15) is 14.3 Å². The number of aromatic amines is 1.